The molecule has 1 N–H and O–H groups in total. The number of nitro groups is 1. The van der Waals surface area contributed by atoms with Crippen LogP contribution >= 0.6 is 0 Å². The van der Waals surface area contributed by atoms with Crippen LogP contribution in [0.15, 0.2) is 60.7 Å². The maximum absolute atomic E-state index is 11.1. The Morgan fingerprint density at radius 1 is 1.04 bits per heavy atom. The lowest BCUT2D eigenvalue weighted by Crippen LogP contribution is -2.14. The first kappa shape index (κ1) is 15.0. The van der Waals surface area contributed by atoms with Crippen LogP contribution in [0.2, 0.25) is 0 Å². The maximum Gasteiger partial charge on any atom is 0.214 e. The van der Waals surface area contributed by atoms with E-state index < -0.39 is 5.92 Å². The van der Waals surface area contributed by atoms with Gasteiger partial charge in [-0.2, -0.15) is 0 Å². The molecule has 3 aromatic rings. The molecule has 0 bridgehead atoms. The fourth-order valence-corrected chi connectivity index (χ4v) is 2.91. The van der Waals surface area contributed by atoms with E-state index in [0.29, 0.717) is 5.56 Å². The van der Waals surface area contributed by atoms with Gasteiger partial charge < -0.3 is 5.11 Å². The molecule has 0 heterocycles. The van der Waals surface area contributed by atoms with Crippen molar-refractivity contribution in [2.45, 2.75) is 12.8 Å². The van der Waals surface area contributed by atoms with Gasteiger partial charge in [-0.1, -0.05) is 60.2 Å². The molecule has 0 saturated heterocycles. The number of hydrogen-bond acceptors (Lipinski definition) is 3. The van der Waals surface area contributed by atoms with Crippen LogP contribution in [0.25, 0.3) is 10.8 Å². The zero-order chi connectivity index (χ0) is 16.4. The molecule has 3 aromatic carbocycles. The van der Waals surface area contributed by atoms with Gasteiger partial charge in [0.25, 0.3) is 0 Å². The summed E-state index contributed by atoms with van der Waals surface area (Å²) in [6.07, 6.45) is 0. The Bertz CT molecular complexity index is 873. The molecule has 0 radical (unpaired) electrons. The lowest BCUT2D eigenvalue weighted by molar-refractivity contribution is -0.481. The van der Waals surface area contributed by atoms with Crippen molar-refractivity contribution in [2.24, 2.45) is 0 Å². The lowest BCUT2D eigenvalue weighted by atomic mass is 9.88. The molecule has 3 rings (SSSR count). The maximum atomic E-state index is 11.1. The van der Waals surface area contributed by atoms with Crippen molar-refractivity contribution < 1.29 is 10.0 Å². The van der Waals surface area contributed by atoms with Crippen molar-refractivity contribution in [3.05, 3.63) is 87.5 Å². The Morgan fingerprint density at radius 2 is 1.78 bits per heavy atom. The highest BCUT2D eigenvalue weighted by molar-refractivity contribution is 5.83. The van der Waals surface area contributed by atoms with Crippen molar-refractivity contribution >= 4 is 10.8 Å². The van der Waals surface area contributed by atoms with Gasteiger partial charge in [-0.05, 0) is 29.3 Å². The first-order chi connectivity index (χ1) is 11.0. The van der Waals surface area contributed by atoms with Gasteiger partial charge in [0, 0.05) is 10.5 Å². The molecule has 23 heavy (non-hydrogen) atoms. The monoisotopic (exact) mass is 307 g/mol. The predicted molar refractivity (Wildman–Crippen MR) is 90.5 cm³/mol. The Morgan fingerprint density at radius 3 is 2.52 bits per heavy atom. The number of aryl methyl sites for hydroxylation is 1. The molecule has 0 saturated carbocycles. The fourth-order valence-electron chi connectivity index (χ4n) is 2.91. The molecular formula is C19H17NO3. The highest BCUT2D eigenvalue weighted by Crippen LogP contribution is 2.33. The van der Waals surface area contributed by atoms with E-state index in [2.05, 4.69) is 0 Å². The number of nitrogens with zero attached hydrogens (tertiary/aromatic N) is 1. The summed E-state index contributed by atoms with van der Waals surface area (Å²) in [5, 5.41) is 23.4. The normalized spacial score (nSPS) is 12.2. The molecule has 1 atom stereocenters. The van der Waals surface area contributed by atoms with Crippen LogP contribution in [0.5, 0.6) is 5.75 Å². The molecular weight excluding hydrogens is 290 g/mol. The minimum absolute atomic E-state index is 0.0932. The molecule has 0 aliphatic heterocycles. The summed E-state index contributed by atoms with van der Waals surface area (Å²) in [5.41, 5.74) is 2.39. The van der Waals surface area contributed by atoms with E-state index in [9.17, 15) is 15.2 Å². The number of phenolic OH excluding ortho intramolecular Hbond substituents is 1. The molecule has 0 spiro atoms. The summed E-state index contributed by atoms with van der Waals surface area (Å²) in [5.74, 6) is -0.384. The second-order valence-electron chi connectivity index (χ2n) is 5.74. The summed E-state index contributed by atoms with van der Waals surface area (Å²) in [7, 11) is 0. The minimum Gasteiger partial charge on any atom is -0.508 e. The average Bonchev–Trinajstić information content (AvgIpc) is 2.54. The highest BCUT2D eigenvalue weighted by Gasteiger charge is 2.23. The molecule has 116 valence electrons. The third-order valence-corrected chi connectivity index (χ3v) is 4.07. The van der Waals surface area contributed by atoms with Crippen LogP contribution in [0.4, 0.5) is 0 Å². The number of hydrogen-bond donors (Lipinski definition) is 1. The summed E-state index contributed by atoms with van der Waals surface area (Å²) in [6.45, 7) is 1.65. The first-order valence-corrected chi connectivity index (χ1v) is 7.44. The van der Waals surface area contributed by atoms with Crippen molar-refractivity contribution in [3.8, 4) is 5.75 Å². The number of rotatable bonds is 4. The van der Waals surface area contributed by atoms with Crippen LogP contribution < -0.4 is 0 Å². The van der Waals surface area contributed by atoms with Gasteiger partial charge in [0.05, 0.1) is 5.92 Å². The van der Waals surface area contributed by atoms with Crippen LogP contribution in [-0.2, 0) is 0 Å². The molecule has 4 nitrogen and oxygen atoms in total. The van der Waals surface area contributed by atoms with E-state index in [-0.39, 0.29) is 17.2 Å². The summed E-state index contributed by atoms with van der Waals surface area (Å²) in [4.78, 5) is 10.8. The topological polar surface area (TPSA) is 63.4 Å². The quantitative estimate of drug-likeness (QED) is 0.578. The van der Waals surface area contributed by atoms with Crippen LogP contribution in [0, 0.1) is 17.0 Å². The molecule has 4 heteroatoms. The molecule has 0 unspecified atom stereocenters. The second-order valence-corrected chi connectivity index (χ2v) is 5.74. The SMILES string of the molecule is Cc1ccc(O)c([C@@H](C[N+](=O)[O-])c2ccc3ccccc3c2)c1. The smallest absolute Gasteiger partial charge is 0.214 e. The summed E-state index contributed by atoms with van der Waals surface area (Å²) in [6, 6.07) is 18.9. The van der Waals surface area contributed by atoms with Gasteiger partial charge in [-0.15, -0.1) is 0 Å². The van der Waals surface area contributed by atoms with E-state index in [1.807, 2.05) is 55.5 Å². The molecule has 0 aliphatic carbocycles. The van der Waals surface area contributed by atoms with Gasteiger partial charge in [0.15, 0.2) is 0 Å². The zero-order valence-electron chi connectivity index (χ0n) is 12.8. The number of phenols is 1. The van der Waals surface area contributed by atoms with Crippen LogP contribution in [0.1, 0.15) is 22.6 Å². The number of fused-ring (bicyclic) bond motifs is 1. The molecule has 0 amide bonds. The number of aromatic hydroxyl groups is 1. The number of benzene rings is 3. The Hall–Kier alpha value is -2.88. The first-order valence-electron chi connectivity index (χ1n) is 7.44. The fraction of sp³-hybridized carbons (Fsp3) is 0.158. The predicted octanol–water partition coefficient (Wildman–Crippen LogP) is 4.26. The van der Waals surface area contributed by atoms with Crippen molar-refractivity contribution in [3.63, 3.8) is 0 Å². The van der Waals surface area contributed by atoms with Crippen molar-refractivity contribution in [2.75, 3.05) is 6.54 Å². The summed E-state index contributed by atoms with van der Waals surface area (Å²) < 4.78 is 0. The lowest BCUT2D eigenvalue weighted by Gasteiger charge is -2.16. The van der Waals surface area contributed by atoms with Gasteiger partial charge >= 0.3 is 0 Å². The van der Waals surface area contributed by atoms with Gasteiger partial charge in [0.2, 0.25) is 6.54 Å². The standard InChI is InChI=1S/C19H17NO3/c1-13-6-9-19(21)17(10-13)18(12-20(22)23)16-8-7-14-4-2-3-5-15(14)11-16/h2-11,18,21H,12H2,1H3/t18-/m0/s1. The third-order valence-electron chi connectivity index (χ3n) is 4.07. The van der Waals surface area contributed by atoms with E-state index >= 15 is 0 Å². The molecule has 0 aliphatic rings. The van der Waals surface area contributed by atoms with E-state index in [0.717, 1.165) is 21.9 Å². The Labute approximate surface area is 134 Å². The van der Waals surface area contributed by atoms with Gasteiger partial charge in [0.1, 0.15) is 5.75 Å². The van der Waals surface area contributed by atoms with Crippen molar-refractivity contribution in [1.29, 1.82) is 0 Å². The van der Waals surface area contributed by atoms with E-state index in [4.69, 9.17) is 0 Å². The average molecular weight is 307 g/mol. The Kier molecular flexibility index (Phi) is 3.98. The van der Waals surface area contributed by atoms with Crippen LogP contribution in [-0.4, -0.2) is 16.6 Å². The highest BCUT2D eigenvalue weighted by atomic mass is 16.6. The third kappa shape index (κ3) is 3.16. The van der Waals surface area contributed by atoms with E-state index in [1.54, 1.807) is 12.1 Å². The van der Waals surface area contributed by atoms with Gasteiger partial charge in [-0.3, -0.25) is 10.1 Å². The Balaban J connectivity index is 2.13. The van der Waals surface area contributed by atoms with Gasteiger partial charge in [-0.25, -0.2) is 0 Å². The van der Waals surface area contributed by atoms with E-state index in [1.165, 1.54) is 0 Å². The summed E-state index contributed by atoms with van der Waals surface area (Å²) >= 11 is 0. The molecule has 0 fully saturated rings. The minimum atomic E-state index is -0.477. The molecule has 0 aromatic heterocycles. The van der Waals surface area contributed by atoms with Crippen molar-refractivity contribution in [1.82, 2.24) is 0 Å². The second kappa shape index (κ2) is 6.08. The van der Waals surface area contributed by atoms with Crippen LogP contribution in [0.3, 0.4) is 0 Å². The largest absolute Gasteiger partial charge is 0.508 e. The zero-order valence-corrected chi connectivity index (χ0v) is 12.8.